The first-order valence-electron chi connectivity index (χ1n) is 9.49. The van der Waals surface area contributed by atoms with E-state index in [1.807, 2.05) is 0 Å². The smallest absolute Gasteiger partial charge is 0.200 e. The molecular formula is C22H22Cl2NO3+. The number of phenols is 1. The van der Waals surface area contributed by atoms with Gasteiger partial charge in [0.25, 0.3) is 0 Å². The highest BCUT2D eigenvalue weighted by molar-refractivity contribution is 6.36. The molecule has 4 rings (SSSR count). The van der Waals surface area contributed by atoms with Crippen LogP contribution in [0, 0.1) is 5.92 Å². The van der Waals surface area contributed by atoms with Crippen LogP contribution < -0.4 is 10.3 Å². The number of nitrogens with one attached hydrogen (secondary N) is 1. The molecule has 4 nitrogen and oxygen atoms in total. The quantitative estimate of drug-likeness (QED) is 0.666. The van der Waals surface area contributed by atoms with Crippen molar-refractivity contribution < 1.29 is 14.4 Å². The summed E-state index contributed by atoms with van der Waals surface area (Å²) in [4.78, 5) is 14.5. The molecule has 1 aliphatic heterocycles. The number of fused-ring (bicyclic) bond motifs is 1. The van der Waals surface area contributed by atoms with Crippen LogP contribution in [0.15, 0.2) is 45.8 Å². The average molecular weight is 419 g/mol. The summed E-state index contributed by atoms with van der Waals surface area (Å²) in [7, 11) is 0. The molecule has 146 valence electrons. The van der Waals surface area contributed by atoms with Crippen LogP contribution in [0.1, 0.15) is 25.3 Å². The molecule has 0 atom stereocenters. The molecule has 0 amide bonds. The molecule has 3 aromatic rings. The van der Waals surface area contributed by atoms with E-state index >= 15 is 0 Å². The molecule has 2 N–H and O–H groups in total. The van der Waals surface area contributed by atoms with Gasteiger partial charge in [0.1, 0.15) is 24.1 Å². The van der Waals surface area contributed by atoms with Crippen LogP contribution >= 0.6 is 23.2 Å². The van der Waals surface area contributed by atoms with E-state index in [4.69, 9.17) is 27.6 Å². The van der Waals surface area contributed by atoms with Gasteiger partial charge in [0.05, 0.1) is 34.6 Å². The second-order valence-corrected chi connectivity index (χ2v) is 8.50. The summed E-state index contributed by atoms with van der Waals surface area (Å²) in [6, 6.07) is 8.19. The summed E-state index contributed by atoms with van der Waals surface area (Å²) in [6.07, 6.45) is 3.77. The third-order valence-electron chi connectivity index (χ3n) is 5.65. The van der Waals surface area contributed by atoms with Crippen LogP contribution in [-0.2, 0) is 6.54 Å². The number of aromatic hydroxyl groups is 1. The lowest BCUT2D eigenvalue weighted by Gasteiger charge is -2.27. The Morgan fingerprint density at radius 2 is 1.89 bits per heavy atom. The molecule has 0 radical (unpaired) electrons. The van der Waals surface area contributed by atoms with E-state index < -0.39 is 0 Å². The fraction of sp³-hybridized carbons (Fsp3) is 0.318. The number of benzene rings is 2. The van der Waals surface area contributed by atoms with Crippen molar-refractivity contribution in [1.82, 2.24) is 0 Å². The van der Waals surface area contributed by atoms with Crippen molar-refractivity contribution in [2.75, 3.05) is 13.1 Å². The number of hydrogen-bond acceptors (Lipinski definition) is 3. The van der Waals surface area contributed by atoms with Crippen LogP contribution in [0.4, 0.5) is 0 Å². The van der Waals surface area contributed by atoms with Crippen molar-refractivity contribution in [3.8, 4) is 16.9 Å². The number of hydrogen-bond donors (Lipinski definition) is 2. The molecule has 0 bridgehead atoms. The fourth-order valence-electron chi connectivity index (χ4n) is 3.91. The lowest BCUT2D eigenvalue weighted by Crippen LogP contribution is -3.11. The van der Waals surface area contributed by atoms with Gasteiger partial charge in [-0.15, -0.1) is 0 Å². The summed E-state index contributed by atoms with van der Waals surface area (Å²) in [5, 5.41) is 11.8. The Balaban J connectivity index is 1.77. The summed E-state index contributed by atoms with van der Waals surface area (Å²) in [6.45, 7) is 5.02. The molecule has 1 aromatic heterocycles. The maximum atomic E-state index is 13.1. The lowest BCUT2D eigenvalue weighted by atomic mass is 9.98. The second-order valence-electron chi connectivity index (χ2n) is 7.65. The minimum atomic E-state index is -0.172. The Morgan fingerprint density at radius 3 is 2.61 bits per heavy atom. The molecule has 2 heterocycles. The highest BCUT2D eigenvalue weighted by Crippen LogP contribution is 2.31. The average Bonchev–Trinajstić information content (AvgIpc) is 2.67. The van der Waals surface area contributed by atoms with E-state index in [0.717, 1.165) is 19.0 Å². The first-order chi connectivity index (χ1) is 13.4. The predicted molar refractivity (Wildman–Crippen MR) is 112 cm³/mol. The largest absolute Gasteiger partial charge is 0.507 e. The highest BCUT2D eigenvalue weighted by atomic mass is 35.5. The van der Waals surface area contributed by atoms with Gasteiger partial charge in [0.15, 0.2) is 0 Å². The maximum absolute atomic E-state index is 13.1. The monoisotopic (exact) mass is 418 g/mol. The molecule has 1 aliphatic rings. The topological polar surface area (TPSA) is 54.9 Å². The second kappa shape index (κ2) is 7.78. The molecule has 28 heavy (non-hydrogen) atoms. The van der Waals surface area contributed by atoms with Crippen molar-refractivity contribution in [1.29, 1.82) is 0 Å². The van der Waals surface area contributed by atoms with Gasteiger partial charge in [0, 0.05) is 10.6 Å². The first kappa shape index (κ1) is 19.3. The molecule has 0 spiro atoms. The van der Waals surface area contributed by atoms with E-state index in [1.165, 1.54) is 24.0 Å². The van der Waals surface area contributed by atoms with E-state index in [1.54, 1.807) is 30.3 Å². The van der Waals surface area contributed by atoms with Crippen molar-refractivity contribution >= 4 is 34.2 Å². The van der Waals surface area contributed by atoms with Gasteiger partial charge < -0.3 is 14.4 Å². The van der Waals surface area contributed by atoms with Gasteiger partial charge in [-0.3, -0.25) is 4.79 Å². The number of rotatable bonds is 3. The van der Waals surface area contributed by atoms with Gasteiger partial charge in [-0.25, -0.2) is 0 Å². The molecule has 1 saturated heterocycles. The minimum Gasteiger partial charge on any atom is -0.507 e. The number of piperidine rings is 1. The summed E-state index contributed by atoms with van der Waals surface area (Å²) in [5.74, 6) is 0.911. The van der Waals surface area contributed by atoms with Crippen LogP contribution in [0.3, 0.4) is 0 Å². The van der Waals surface area contributed by atoms with Gasteiger partial charge in [0.2, 0.25) is 5.43 Å². The fourth-order valence-corrected chi connectivity index (χ4v) is 4.42. The first-order valence-corrected chi connectivity index (χ1v) is 10.2. The Hall–Kier alpha value is -2.01. The van der Waals surface area contributed by atoms with Crippen LogP contribution in [0.5, 0.6) is 5.75 Å². The molecule has 1 fully saturated rings. The molecule has 0 unspecified atom stereocenters. The summed E-state index contributed by atoms with van der Waals surface area (Å²) >= 11 is 12.2. The van der Waals surface area contributed by atoms with Gasteiger partial charge in [-0.05, 0) is 43.0 Å². The standard InChI is InChI=1S/C22H21Cl2NO3/c1-13-6-8-25(9-7-13)11-17-20(26)5-4-16-21(27)18(12-28-22(16)17)15-3-2-14(23)10-19(15)24/h2-5,10,12-13,26H,6-9,11H2,1H3/p+1. The summed E-state index contributed by atoms with van der Waals surface area (Å²) in [5.41, 5.74) is 1.92. The van der Waals surface area contributed by atoms with Crippen molar-refractivity contribution in [2.45, 2.75) is 26.3 Å². The van der Waals surface area contributed by atoms with E-state index in [2.05, 4.69) is 6.92 Å². The van der Waals surface area contributed by atoms with Crippen molar-refractivity contribution in [3.05, 3.63) is 62.4 Å². The number of halogens is 2. The normalized spacial score (nSPS) is 19.8. The zero-order chi connectivity index (χ0) is 19.8. The SMILES string of the molecule is CC1CC[NH+](Cc2c(O)ccc3c(=O)c(-c4ccc(Cl)cc4Cl)coc23)CC1. The third-order valence-corrected chi connectivity index (χ3v) is 6.20. The van der Waals surface area contributed by atoms with Gasteiger partial charge in [-0.1, -0.05) is 36.2 Å². The molecular weight excluding hydrogens is 397 g/mol. The number of likely N-dealkylation sites (tertiary alicyclic amines) is 1. The molecule has 2 aromatic carbocycles. The van der Waals surface area contributed by atoms with Crippen LogP contribution in [0.25, 0.3) is 22.1 Å². The Bertz CT molecular complexity index is 1090. The zero-order valence-electron chi connectivity index (χ0n) is 15.6. The lowest BCUT2D eigenvalue weighted by molar-refractivity contribution is -0.919. The predicted octanol–water partition coefficient (Wildman–Crippen LogP) is 4.29. The molecule has 6 heteroatoms. The van der Waals surface area contributed by atoms with Gasteiger partial charge >= 0.3 is 0 Å². The summed E-state index contributed by atoms with van der Waals surface area (Å²) < 4.78 is 5.87. The Kier molecular flexibility index (Phi) is 5.37. The zero-order valence-corrected chi connectivity index (χ0v) is 17.1. The van der Waals surface area contributed by atoms with Crippen LogP contribution in [0.2, 0.25) is 10.0 Å². The van der Waals surface area contributed by atoms with Crippen LogP contribution in [-0.4, -0.2) is 18.2 Å². The van der Waals surface area contributed by atoms with Crippen molar-refractivity contribution in [2.24, 2.45) is 5.92 Å². The van der Waals surface area contributed by atoms with Crippen molar-refractivity contribution in [3.63, 3.8) is 0 Å². The minimum absolute atomic E-state index is 0.166. The number of phenolic OH excluding ortho intramolecular Hbond substituents is 1. The van der Waals surface area contributed by atoms with E-state index in [9.17, 15) is 9.90 Å². The highest BCUT2D eigenvalue weighted by Gasteiger charge is 2.23. The van der Waals surface area contributed by atoms with E-state index in [0.29, 0.717) is 44.2 Å². The maximum Gasteiger partial charge on any atom is 0.200 e. The molecule has 0 aliphatic carbocycles. The van der Waals surface area contributed by atoms with Gasteiger partial charge in [-0.2, -0.15) is 0 Å². The third kappa shape index (κ3) is 3.64. The Morgan fingerprint density at radius 1 is 1.14 bits per heavy atom. The number of quaternary nitrogens is 1. The Labute approximate surface area is 173 Å². The van der Waals surface area contributed by atoms with E-state index in [-0.39, 0.29) is 11.2 Å². The molecule has 0 saturated carbocycles.